The first-order valence-corrected chi connectivity index (χ1v) is 4.72. The number of nitrogens with two attached hydrogens (primary N) is 1. The summed E-state index contributed by atoms with van der Waals surface area (Å²) in [7, 11) is 1.75. The molecule has 0 aliphatic carbocycles. The molecule has 1 atom stereocenters. The van der Waals surface area contributed by atoms with Gasteiger partial charge in [0.05, 0.1) is 6.20 Å². The third-order valence-electron chi connectivity index (χ3n) is 2.20. The van der Waals surface area contributed by atoms with E-state index in [0.717, 1.165) is 0 Å². The van der Waals surface area contributed by atoms with Crippen LogP contribution in [0, 0.1) is 0 Å². The first-order valence-electron chi connectivity index (χ1n) is 4.72. The summed E-state index contributed by atoms with van der Waals surface area (Å²) in [6.45, 7) is 2.32. The molecular formula is C9H13N5O. The van der Waals surface area contributed by atoms with Gasteiger partial charge in [0, 0.05) is 19.6 Å². The molecule has 15 heavy (non-hydrogen) atoms. The summed E-state index contributed by atoms with van der Waals surface area (Å²) in [5.74, 6) is 0. The predicted molar refractivity (Wildman–Crippen MR) is 56.4 cm³/mol. The van der Waals surface area contributed by atoms with Gasteiger partial charge in [0.25, 0.3) is 5.56 Å². The molecule has 6 nitrogen and oxygen atoms in total. The van der Waals surface area contributed by atoms with Crippen molar-refractivity contribution in [1.29, 1.82) is 0 Å². The Hall–Kier alpha value is -1.69. The molecule has 80 valence electrons. The second-order valence-electron chi connectivity index (χ2n) is 3.68. The van der Waals surface area contributed by atoms with E-state index in [1.54, 1.807) is 11.7 Å². The minimum Gasteiger partial charge on any atom is -0.326 e. The molecule has 2 heterocycles. The standard InChI is InChI=1S/C9H13N5O/c1-6(10)4-14-5-11-8-7(9(14)15)3-12-13(8)2/h3,5-6H,4,10H2,1-2H3/t6-/m0/s1. The van der Waals surface area contributed by atoms with Gasteiger partial charge in [-0.15, -0.1) is 0 Å². The number of nitrogens with zero attached hydrogens (tertiary/aromatic N) is 4. The summed E-state index contributed by atoms with van der Waals surface area (Å²) in [6.07, 6.45) is 3.04. The largest absolute Gasteiger partial charge is 0.326 e. The van der Waals surface area contributed by atoms with E-state index < -0.39 is 0 Å². The number of hydrogen-bond acceptors (Lipinski definition) is 4. The van der Waals surface area contributed by atoms with Gasteiger partial charge in [-0.25, -0.2) is 4.98 Å². The molecule has 0 aliphatic heterocycles. The molecule has 0 saturated heterocycles. The summed E-state index contributed by atoms with van der Waals surface area (Å²) >= 11 is 0. The molecule has 2 rings (SSSR count). The maximum atomic E-state index is 11.9. The molecule has 0 aliphatic rings. The second kappa shape index (κ2) is 3.47. The number of hydrogen-bond donors (Lipinski definition) is 1. The highest BCUT2D eigenvalue weighted by Gasteiger charge is 2.08. The van der Waals surface area contributed by atoms with Crippen LogP contribution >= 0.6 is 0 Å². The van der Waals surface area contributed by atoms with Crippen LogP contribution in [0.25, 0.3) is 11.0 Å². The van der Waals surface area contributed by atoms with Crippen molar-refractivity contribution >= 4 is 11.0 Å². The third kappa shape index (κ3) is 1.63. The molecular weight excluding hydrogens is 194 g/mol. The van der Waals surface area contributed by atoms with E-state index in [0.29, 0.717) is 17.6 Å². The average Bonchev–Trinajstić information content (AvgIpc) is 2.53. The molecule has 6 heteroatoms. The fourth-order valence-electron chi connectivity index (χ4n) is 1.51. The van der Waals surface area contributed by atoms with Crippen LogP contribution in [0.3, 0.4) is 0 Å². The molecule has 0 aromatic carbocycles. The Labute approximate surface area is 86.3 Å². The number of aryl methyl sites for hydroxylation is 1. The third-order valence-corrected chi connectivity index (χ3v) is 2.20. The van der Waals surface area contributed by atoms with Crippen LogP contribution in [0.5, 0.6) is 0 Å². The van der Waals surface area contributed by atoms with Crippen molar-refractivity contribution in [2.24, 2.45) is 12.8 Å². The summed E-state index contributed by atoms with van der Waals surface area (Å²) in [5.41, 5.74) is 6.14. The van der Waals surface area contributed by atoms with E-state index in [-0.39, 0.29) is 11.6 Å². The molecule has 2 aromatic rings. The highest BCUT2D eigenvalue weighted by Crippen LogP contribution is 2.02. The smallest absolute Gasteiger partial charge is 0.264 e. The zero-order chi connectivity index (χ0) is 11.0. The zero-order valence-corrected chi connectivity index (χ0v) is 8.71. The van der Waals surface area contributed by atoms with Crippen molar-refractivity contribution in [3.05, 3.63) is 22.9 Å². The van der Waals surface area contributed by atoms with Gasteiger partial charge in [0.15, 0.2) is 5.65 Å². The van der Waals surface area contributed by atoms with E-state index in [4.69, 9.17) is 5.73 Å². The summed E-state index contributed by atoms with van der Waals surface area (Å²) < 4.78 is 3.08. The molecule has 2 N–H and O–H groups in total. The molecule has 0 spiro atoms. The summed E-state index contributed by atoms with van der Waals surface area (Å²) in [5, 5.41) is 4.51. The van der Waals surface area contributed by atoms with E-state index >= 15 is 0 Å². The highest BCUT2D eigenvalue weighted by molar-refractivity contribution is 5.72. The Morgan fingerprint density at radius 1 is 1.60 bits per heavy atom. The summed E-state index contributed by atoms with van der Waals surface area (Å²) in [6, 6.07) is -0.0707. The van der Waals surface area contributed by atoms with Crippen LogP contribution in [-0.4, -0.2) is 25.4 Å². The first kappa shape index (κ1) is 9.85. The van der Waals surface area contributed by atoms with Crippen LogP contribution in [0.2, 0.25) is 0 Å². The van der Waals surface area contributed by atoms with Crippen LogP contribution in [0.4, 0.5) is 0 Å². The lowest BCUT2D eigenvalue weighted by Crippen LogP contribution is -2.29. The minimum atomic E-state index is -0.0922. The van der Waals surface area contributed by atoms with E-state index in [2.05, 4.69) is 10.1 Å². The normalized spacial score (nSPS) is 13.3. The van der Waals surface area contributed by atoms with Gasteiger partial charge >= 0.3 is 0 Å². The van der Waals surface area contributed by atoms with Crippen LogP contribution in [-0.2, 0) is 13.6 Å². The Bertz CT molecular complexity index is 539. The first-order chi connectivity index (χ1) is 7.09. The van der Waals surface area contributed by atoms with Gasteiger partial charge in [-0.3, -0.25) is 14.0 Å². The van der Waals surface area contributed by atoms with Crippen LogP contribution in [0.1, 0.15) is 6.92 Å². The van der Waals surface area contributed by atoms with Crippen molar-refractivity contribution in [3.8, 4) is 0 Å². The van der Waals surface area contributed by atoms with Crippen molar-refractivity contribution in [2.45, 2.75) is 19.5 Å². The molecule has 0 amide bonds. The number of rotatable bonds is 2. The maximum absolute atomic E-state index is 11.9. The summed E-state index contributed by atoms with van der Waals surface area (Å²) in [4.78, 5) is 16.1. The lowest BCUT2D eigenvalue weighted by atomic mass is 10.3. The van der Waals surface area contributed by atoms with Crippen molar-refractivity contribution in [3.63, 3.8) is 0 Å². The number of fused-ring (bicyclic) bond motifs is 1. The lowest BCUT2D eigenvalue weighted by molar-refractivity contribution is 0.569. The Balaban J connectivity index is 2.61. The van der Waals surface area contributed by atoms with Gasteiger partial charge in [0.2, 0.25) is 0 Å². The maximum Gasteiger partial charge on any atom is 0.264 e. The molecule has 2 aromatic heterocycles. The van der Waals surface area contributed by atoms with E-state index in [1.807, 2.05) is 6.92 Å². The molecule has 0 bridgehead atoms. The second-order valence-corrected chi connectivity index (χ2v) is 3.68. The Morgan fingerprint density at radius 3 is 3.00 bits per heavy atom. The highest BCUT2D eigenvalue weighted by atomic mass is 16.1. The van der Waals surface area contributed by atoms with Gasteiger partial charge in [-0.05, 0) is 6.92 Å². The van der Waals surface area contributed by atoms with Crippen molar-refractivity contribution in [2.75, 3.05) is 0 Å². The van der Waals surface area contributed by atoms with Gasteiger partial charge in [-0.2, -0.15) is 5.10 Å². The SMILES string of the molecule is C[C@H](N)Cn1cnc2c(cnn2C)c1=O. The van der Waals surface area contributed by atoms with Gasteiger partial charge in [-0.1, -0.05) is 0 Å². The quantitative estimate of drug-likeness (QED) is 0.718. The van der Waals surface area contributed by atoms with Gasteiger partial charge in [0.1, 0.15) is 11.7 Å². The van der Waals surface area contributed by atoms with Crippen molar-refractivity contribution in [1.82, 2.24) is 19.3 Å². The number of aromatic nitrogens is 4. The molecule has 0 radical (unpaired) electrons. The Morgan fingerprint density at radius 2 is 2.33 bits per heavy atom. The predicted octanol–water partition coefficient (Wildman–Crippen LogP) is -0.523. The average molecular weight is 207 g/mol. The lowest BCUT2D eigenvalue weighted by Gasteiger charge is -2.07. The van der Waals surface area contributed by atoms with E-state index in [9.17, 15) is 4.79 Å². The monoisotopic (exact) mass is 207 g/mol. The van der Waals surface area contributed by atoms with Crippen molar-refractivity contribution < 1.29 is 0 Å². The van der Waals surface area contributed by atoms with Crippen LogP contribution in [0.15, 0.2) is 17.3 Å². The molecule has 0 unspecified atom stereocenters. The topological polar surface area (TPSA) is 78.7 Å². The van der Waals surface area contributed by atoms with E-state index in [1.165, 1.54) is 17.1 Å². The van der Waals surface area contributed by atoms with Gasteiger partial charge < -0.3 is 5.73 Å². The zero-order valence-electron chi connectivity index (χ0n) is 8.71. The molecule has 0 saturated carbocycles. The fourth-order valence-corrected chi connectivity index (χ4v) is 1.51. The minimum absolute atomic E-state index is 0.0707. The fraction of sp³-hybridized carbons (Fsp3) is 0.444. The Kier molecular flexibility index (Phi) is 2.28. The van der Waals surface area contributed by atoms with Crippen LogP contribution < -0.4 is 11.3 Å². The molecule has 0 fully saturated rings.